The Balaban J connectivity index is 2.02. The van der Waals surface area contributed by atoms with Crippen molar-refractivity contribution in [1.29, 1.82) is 0 Å². The van der Waals surface area contributed by atoms with Crippen LogP contribution in [0.3, 0.4) is 0 Å². The predicted octanol–water partition coefficient (Wildman–Crippen LogP) is 1.75. The fourth-order valence-corrected chi connectivity index (χ4v) is 2.97. The number of amides is 1. The van der Waals surface area contributed by atoms with Crippen molar-refractivity contribution >= 4 is 15.7 Å². The summed E-state index contributed by atoms with van der Waals surface area (Å²) in [7, 11) is -3.20. The van der Waals surface area contributed by atoms with E-state index < -0.39 is 9.84 Å². The molecule has 1 aromatic rings. The smallest absolute Gasteiger partial charge is 0.223 e. The van der Waals surface area contributed by atoms with E-state index in [1.807, 2.05) is 0 Å². The van der Waals surface area contributed by atoms with Gasteiger partial charge in [0.25, 0.3) is 0 Å². The Morgan fingerprint density at radius 2 is 2.05 bits per heavy atom. The van der Waals surface area contributed by atoms with Crippen molar-refractivity contribution in [3.8, 4) is 0 Å². The zero-order valence-electron chi connectivity index (χ0n) is 11.6. The maximum absolute atomic E-state index is 11.9. The van der Waals surface area contributed by atoms with Crippen molar-refractivity contribution < 1.29 is 13.2 Å². The van der Waals surface area contributed by atoms with Crippen molar-refractivity contribution in [2.45, 2.75) is 17.9 Å². The van der Waals surface area contributed by atoms with Crippen LogP contribution in [-0.4, -0.2) is 38.6 Å². The second-order valence-corrected chi connectivity index (χ2v) is 7.19. The number of carbonyl (C=O) groups is 1. The highest BCUT2D eigenvalue weighted by molar-refractivity contribution is 7.90. The van der Waals surface area contributed by atoms with Crippen LogP contribution in [0.15, 0.2) is 34.3 Å². The van der Waals surface area contributed by atoms with E-state index in [-0.39, 0.29) is 16.7 Å². The van der Waals surface area contributed by atoms with Gasteiger partial charge < -0.3 is 4.90 Å². The van der Waals surface area contributed by atoms with E-state index in [2.05, 4.69) is 10.0 Å². The number of sulfone groups is 1. The molecule has 1 aliphatic rings. The third-order valence-electron chi connectivity index (χ3n) is 3.42. The van der Waals surface area contributed by atoms with Gasteiger partial charge in [-0.2, -0.15) is 0 Å². The van der Waals surface area contributed by atoms with E-state index in [0.29, 0.717) is 26.1 Å². The van der Waals surface area contributed by atoms with Gasteiger partial charge >= 0.3 is 0 Å². The molecule has 0 aliphatic carbocycles. The molecule has 8 heteroatoms. The van der Waals surface area contributed by atoms with Gasteiger partial charge in [-0.15, -0.1) is 0 Å². The predicted molar refractivity (Wildman–Crippen MR) is 77.1 cm³/mol. The summed E-state index contributed by atoms with van der Waals surface area (Å²) in [6.07, 6.45) is 1.55. The third-order valence-corrected chi connectivity index (χ3v) is 4.55. The van der Waals surface area contributed by atoms with Crippen molar-refractivity contribution in [3.05, 3.63) is 40.3 Å². The normalized spacial score (nSPS) is 18.6. The SMILES string of the molecule is CS(=O)(=O)c1ccc(CN2CC(CN=[N+]=[N-])CC2=O)cc1. The van der Waals surface area contributed by atoms with Crippen molar-refractivity contribution in [2.75, 3.05) is 19.3 Å². The highest BCUT2D eigenvalue weighted by Crippen LogP contribution is 2.21. The van der Waals surface area contributed by atoms with Gasteiger partial charge in [0.15, 0.2) is 9.84 Å². The first-order valence-corrected chi connectivity index (χ1v) is 8.37. The molecule has 7 nitrogen and oxygen atoms in total. The highest BCUT2D eigenvalue weighted by Gasteiger charge is 2.28. The monoisotopic (exact) mass is 308 g/mol. The molecule has 1 heterocycles. The minimum absolute atomic E-state index is 0.0281. The lowest BCUT2D eigenvalue weighted by atomic mass is 10.1. The van der Waals surface area contributed by atoms with Gasteiger partial charge in [-0.1, -0.05) is 17.2 Å². The van der Waals surface area contributed by atoms with Crippen LogP contribution in [0.1, 0.15) is 12.0 Å². The lowest BCUT2D eigenvalue weighted by Gasteiger charge is -2.16. The Hall–Kier alpha value is -2.05. The molecule has 0 spiro atoms. The Bertz CT molecular complexity index is 678. The molecule has 1 unspecified atom stereocenters. The standard InChI is InChI=1S/C13H16N4O3S/c1-21(19,20)12-4-2-10(3-5-12)8-17-9-11(6-13(17)18)7-15-16-14/h2-5,11H,6-9H2,1H3. The van der Waals surface area contributed by atoms with Crippen LogP contribution in [-0.2, 0) is 21.2 Å². The van der Waals surface area contributed by atoms with E-state index in [1.54, 1.807) is 29.2 Å². The van der Waals surface area contributed by atoms with Crippen LogP contribution in [0.4, 0.5) is 0 Å². The van der Waals surface area contributed by atoms with Gasteiger partial charge in [0, 0.05) is 37.2 Å². The van der Waals surface area contributed by atoms with E-state index in [0.717, 1.165) is 11.8 Å². The Labute approximate surface area is 123 Å². The number of hydrogen-bond acceptors (Lipinski definition) is 4. The quantitative estimate of drug-likeness (QED) is 0.470. The summed E-state index contributed by atoms with van der Waals surface area (Å²) in [4.78, 5) is 16.5. The highest BCUT2D eigenvalue weighted by atomic mass is 32.2. The molecular weight excluding hydrogens is 292 g/mol. The Morgan fingerprint density at radius 3 is 2.62 bits per heavy atom. The average molecular weight is 308 g/mol. The van der Waals surface area contributed by atoms with Crippen molar-refractivity contribution in [2.24, 2.45) is 11.0 Å². The van der Waals surface area contributed by atoms with Crippen LogP contribution in [0.2, 0.25) is 0 Å². The molecule has 0 N–H and O–H groups in total. The average Bonchev–Trinajstić information content (AvgIpc) is 2.76. The summed E-state index contributed by atoms with van der Waals surface area (Å²) in [5, 5.41) is 3.50. The van der Waals surface area contributed by atoms with Gasteiger partial charge in [-0.25, -0.2) is 8.42 Å². The minimum atomic E-state index is -3.20. The molecule has 1 atom stereocenters. The molecule has 2 rings (SSSR count). The number of hydrogen-bond donors (Lipinski definition) is 0. The summed E-state index contributed by atoms with van der Waals surface area (Å²) in [6, 6.07) is 6.51. The molecule has 0 bridgehead atoms. The first kappa shape index (κ1) is 15.3. The molecule has 0 aromatic heterocycles. The number of azide groups is 1. The zero-order valence-corrected chi connectivity index (χ0v) is 12.5. The largest absolute Gasteiger partial charge is 0.338 e. The van der Waals surface area contributed by atoms with Crippen LogP contribution in [0.25, 0.3) is 10.4 Å². The number of rotatable bonds is 5. The number of likely N-dealkylation sites (tertiary alicyclic amines) is 1. The summed E-state index contributed by atoms with van der Waals surface area (Å²) in [6.45, 7) is 1.33. The maximum atomic E-state index is 11.9. The van der Waals surface area contributed by atoms with Crippen LogP contribution >= 0.6 is 0 Å². The van der Waals surface area contributed by atoms with Gasteiger partial charge in [0.05, 0.1) is 4.90 Å². The molecule has 0 radical (unpaired) electrons. The van der Waals surface area contributed by atoms with E-state index >= 15 is 0 Å². The third kappa shape index (κ3) is 3.96. The fourth-order valence-electron chi connectivity index (χ4n) is 2.34. The topological polar surface area (TPSA) is 103 Å². The van der Waals surface area contributed by atoms with Gasteiger partial charge in [-0.3, -0.25) is 4.79 Å². The van der Waals surface area contributed by atoms with Crippen LogP contribution < -0.4 is 0 Å². The molecule has 1 amide bonds. The minimum Gasteiger partial charge on any atom is -0.338 e. The molecule has 21 heavy (non-hydrogen) atoms. The van der Waals surface area contributed by atoms with Crippen LogP contribution in [0.5, 0.6) is 0 Å². The Kier molecular flexibility index (Phi) is 4.50. The first-order chi connectivity index (χ1) is 9.90. The molecule has 1 fully saturated rings. The van der Waals surface area contributed by atoms with Gasteiger partial charge in [0.1, 0.15) is 0 Å². The summed E-state index contributed by atoms with van der Waals surface area (Å²) < 4.78 is 22.8. The zero-order chi connectivity index (χ0) is 15.5. The van der Waals surface area contributed by atoms with Crippen LogP contribution in [0, 0.1) is 5.92 Å². The summed E-state index contributed by atoms with van der Waals surface area (Å²) in [5.74, 6) is 0.0871. The molecule has 1 saturated heterocycles. The Morgan fingerprint density at radius 1 is 1.38 bits per heavy atom. The molecular formula is C13H16N4O3S. The maximum Gasteiger partial charge on any atom is 0.223 e. The van der Waals surface area contributed by atoms with Crippen molar-refractivity contribution in [3.63, 3.8) is 0 Å². The summed E-state index contributed by atoms with van der Waals surface area (Å²) >= 11 is 0. The van der Waals surface area contributed by atoms with E-state index in [4.69, 9.17) is 5.53 Å². The lowest BCUT2D eigenvalue weighted by molar-refractivity contribution is -0.128. The van der Waals surface area contributed by atoms with Gasteiger partial charge in [-0.05, 0) is 29.1 Å². The number of benzene rings is 1. The molecule has 1 aromatic carbocycles. The second kappa shape index (κ2) is 6.15. The first-order valence-electron chi connectivity index (χ1n) is 6.48. The van der Waals surface area contributed by atoms with Gasteiger partial charge in [0.2, 0.25) is 5.91 Å². The lowest BCUT2D eigenvalue weighted by Crippen LogP contribution is -2.24. The number of carbonyl (C=O) groups excluding carboxylic acids is 1. The van der Waals surface area contributed by atoms with E-state index in [9.17, 15) is 13.2 Å². The van der Waals surface area contributed by atoms with E-state index in [1.165, 1.54) is 0 Å². The number of nitrogens with zero attached hydrogens (tertiary/aromatic N) is 4. The second-order valence-electron chi connectivity index (χ2n) is 5.17. The summed E-state index contributed by atoms with van der Waals surface area (Å²) in [5.41, 5.74) is 9.17. The van der Waals surface area contributed by atoms with Crippen molar-refractivity contribution in [1.82, 2.24) is 4.90 Å². The molecule has 112 valence electrons. The molecule has 1 aliphatic heterocycles. The molecule has 0 saturated carbocycles. The fraction of sp³-hybridized carbons (Fsp3) is 0.462.